The van der Waals surface area contributed by atoms with Crippen LogP contribution in [0.15, 0.2) is 35.1 Å². The van der Waals surface area contributed by atoms with Gasteiger partial charge in [0, 0.05) is 42.9 Å². The first-order valence-electron chi connectivity index (χ1n) is 8.35. The molecule has 1 saturated heterocycles. The van der Waals surface area contributed by atoms with E-state index in [1.807, 2.05) is 12.4 Å². The summed E-state index contributed by atoms with van der Waals surface area (Å²) in [6.45, 7) is 3.86. The van der Waals surface area contributed by atoms with E-state index in [-0.39, 0.29) is 5.82 Å². The lowest BCUT2D eigenvalue weighted by molar-refractivity contribution is 0.415. The Morgan fingerprint density at radius 3 is 2.67 bits per heavy atom. The van der Waals surface area contributed by atoms with E-state index >= 15 is 0 Å². The molecule has 0 amide bonds. The molecule has 4 rings (SSSR count). The average molecular weight is 326 g/mol. The van der Waals surface area contributed by atoms with Gasteiger partial charge in [-0.2, -0.15) is 0 Å². The lowest BCUT2D eigenvalue weighted by atomic mass is 9.92. The summed E-state index contributed by atoms with van der Waals surface area (Å²) < 4.78 is 18.6. The van der Waals surface area contributed by atoms with E-state index in [1.54, 1.807) is 6.07 Å². The van der Waals surface area contributed by atoms with Crippen molar-refractivity contribution < 1.29 is 8.91 Å². The van der Waals surface area contributed by atoms with Crippen molar-refractivity contribution in [1.82, 2.24) is 15.1 Å². The van der Waals surface area contributed by atoms with Crippen LogP contribution in [0.25, 0.3) is 11.0 Å². The number of halogens is 1. The van der Waals surface area contributed by atoms with E-state index in [4.69, 9.17) is 4.52 Å². The van der Waals surface area contributed by atoms with Gasteiger partial charge in [0.1, 0.15) is 5.82 Å². The molecule has 0 unspecified atom stereocenters. The van der Waals surface area contributed by atoms with E-state index in [0.29, 0.717) is 11.5 Å². The summed E-state index contributed by atoms with van der Waals surface area (Å²) in [5.41, 5.74) is 2.60. The summed E-state index contributed by atoms with van der Waals surface area (Å²) >= 11 is 0. The van der Waals surface area contributed by atoms with Gasteiger partial charge in [-0.15, -0.1) is 0 Å². The maximum Gasteiger partial charge on any atom is 0.225 e. The molecule has 0 radical (unpaired) electrons. The fourth-order valence-electron chi connectivity index (χ4n) is 3.27. The smallest absolute Gasteiger partial charge is 0.225 e. The van der Waals surface area contributed by atoms with Crippen molar-refractivity contribution >= 4 is 16.9 Å². The topological polar surface area (TPSA) is 55.1 Å². The van der Waals surface area contributed by atoms with Crippen LogP contribution in [-0.4, -0.2) is 28.2 Å². The zero-order chi connectivity index (χ0) is 16.5. The molecule has 0 N–H and O–H groups in total. The highest BCUT2D eigenvalue weighted by molar-refractivity contribution is 5.79. The molecule has 3 aromatic rings. The van der Waals surface area contributed by atoms with Crippen molar-refractivity contribution in [1.29, 1.82) is 0 Å². The molecule has 0 saturated carbocycles. The summed E-state index contributed by atoms with van der Waals surface area (Å²) in [5, 5.41) is 5.10. The molecule has 5 nitrogen and oxygen atoms in total. The largest absolute Gasteiger partial charge is 0.356 e. The predicted octanol–water partition coefficient (Wildman–Crippen LogP) is 3.70. The Hall–Kier alpha value is -2.50. The van der Waals surface area contributed by atoms with Crippen LogP contribution in [0.2, 0.25) is 0 Å². The van der Waals surface area contributed by atoms with Crippen molar-refractivity contribution in [2.45, 2.75) is 32.1 Å². The first-order valence-corrected chi connectivity index (χ1v) is 8.35. The molecule has 6 heteroatoms. The first-order chi connectivity index (χ1) is 11.7. The molecule has 1 fully saturated rings. The number of aromatic nitrogens is 3. The molecule has 24 heavy (non-hydrogen) atoms. The molecule has 124 valence electrons. The Kier molecular flexibility index (Phi) is 3.88. The second-order valence-corrected chi connectivity index (χ2v) is 6.21. The predicted molar refractivity (Wildman–Crippen MR) is 89.6 cm³/mol. The Balaban J connectivity index is 1.48. The molecular formula is C18H19FN4O. The lowest BCUT2D eigenvalue weighted by Crippen LogP contribution is -2.34. The van der Waals surface area contributed by atoms with Gasteiger partial charge in [0.15, 0.2) is 5.58 Å². The first kappa shape index (κ1) is 15.1. The van der Waals surface area contributed by atoms with Gasteiger partial charge in [0.25, 0.3) is 0 Å². The minimum absolute atomic E-state index is 0.298. The molecule has 0 atom stereocenters. The van der Waals surface area contributed by atoms with Crippen molar-refractivity contribution in [2.24, 2.45) is 0 Å². The molecule has 0 spiro atoms. The van der Waals surface area contributed by atoms with Crippen LogP contribution in [0.1, 0.15) is 36.9 Å². The number of nitrogens with zero attached hydrogens (tertiary/aromatic N) is 4. The van der Waals surface area contributed by atoms with Crippen molar-refractivity contribution in [2.75, 3.05) is 18.0 Å². The normalized spacial score (nSPS) is 16.0. The summed E-state index contributed by atoms with van der Waals surface area (Å²) in [5.74, 6) is 0.813. The number of hydrogen-bond donors (Lipinski definition) is 0. The number of anilines is 1. The Morgan fingerprint density at radius 2 is 1.96 bits per heavy atom. The molecular weight excluding hydrogens is 307 g/mol. The maximum absolute atomic E-state index is 13.3. The highest BCUT2D eigenvalue weighted by Crippen LogP contribution is 2.33. The second-order valence-electron chi connectivity index (χ2n) is 6.21. The fraction of sp³-hybridized carbons (Fsp3) is 0.389. The standard InChI is InChI=1S/C18H19FN4O/c1-2-12-10-20-18(21-11-12)23-7-5-13(6-8-23)17-15-4-3-14(19)9-16(15)24-22-17/h3-4,9-11,13H,2,5-8H2,1H3. The van der Waals surface area contributed by atoms with Crippen molar-refractivity contribution in [3.05, 3.63) is 47.7 Å². The highest BCUT2D eigenvalue weighted by Gasteiger charge is 2.26. The van der Waals surface area contributed by atoms with Gasteiger partial charge in [0.2, 0.25) is 5.95 Å². The zero-order valence-corrected chi connectivity index (χ0v) is 13.6. The minimum Gasteiger partial charge on any atom is -0.356 e. The molecule has 3 heterocycles. The highest BCUT2D eigenvalue weighted by atomic mass is 19.1. The zero-order valence-electron chi connectivity index (χ0n) is 13.6. The fourth-order valence-corrected chi connectivity index (χ4v) is 3.27. The average Bonchev–Trinajstić information content (AvgIpc) is 3.05. The molecule has 1 aliphatic heterocycles. The summed E-state index contributed by atoms with van der Waals surface area (Å²) in [4.78, 5) is 11.1. The molecule has 2 aromatic heterocycles. The number of fused-ring (bicyclic) bond motifs is 1. The van der Waals surface area contributed by atoms with Crippen molar-refractivity contribution in [3.8, 4) is 0 Å². The quantitative estimate of drug-likeness (QED) is 0.734. The Labute approximate surface area is 139 Å². The van der Waals surface area contributed by atoms with Crippen LogP contribution < -0.4 is 4.90 Å². The molecule has 1 aromatic carbocycles. The maximum atomic E-state index is 13.3. The molecule has 1 aliphatic rings. The van der Waals surface area contributed by atoms with Gasteiger partial charge in [-0.1, -0.05) is 12.1 Å². The van der Waals surface area contributed by atoms with Gasteiger partial charge >= 0.3 is 0 Å². The molecule has 0 bridgehead atoms. The third-order valence-electron chi connectivity index (χ3n) is 4.73. The van der Waals surface area contributed by atoms with Gasteiger partial charge in [-0.25, -0.2) is 14.4 Å². The third kappa shape index (κ3) is 2.72. The van der Waals surface area contributed by atoms with Crippen molar-refractivity contribution in [3.63, 3.8) is 0 Å². The van der Waals surface area contributed by atoms with E-state index in [0.717, 1.165) is 54.9 Å². The van der Waals surface area contributed by atoms with Crippen LogP contribution in [0.4, 0.5) is 10.3 Å². The van der Waals surface area contributed by atoms with Crippen LogP contribution in [0.3, 0.4) is 0 Å². The summed E-state index contributed by atoms with van der Waals surface area (Å²) in [7, 11) is 0. The SMILES string of the molecule is CCc1cnc(N2CCC(c3noc4cc(F)ccc34)CC2)nc1. The third-order valence-corrected chi connectivity index (χ3v) is 4.73. The number of piperidine rings is 1. The van der Waals surface area contributed by atoms with Gasteiger partial charge in [-0.05, 0) is 37.0 Å². The van der Waals surface area contributed by atoms with E-state index in [2.05, 4.69) is 26.9 Å². The second kappa shape index (κ2) is 6.19. The van der Waals surface area contributed by atoms with E-state index < -0.39 is 0 Å². The van der Waals surface area contributed by atoms with Crippen LogP contribution >= 0.6 is 0 Å². The van der Waals surface area contributed by atoms with Crippen LogP contribution in [-0.2, 0) is 6.42 Å². The summed E-state index contributed by atoms with van der Waals surface area (Å²) in [6.07, 6.45) is 6.65. The number of hydrogen-bond acceptors (Lipinski definition) is 5. The van der Waals surface area contributed by atoms with Crippen LogP contribution in [0, 0.1) is 5.82 Å². The van der Waals surface area contributed by atoms with Gasteiger partial charge in [-0.3, -0.25) is 0 Å². The number of rotatable bonds is 3. The molecule has 0 aliphatic carbocycles. The van der Waals surface area contributed by atoms with E-state index in [9.17, 15) is 4.39 Å². The Morgan fingerprint density at radius 1 is 1.21 bits per heavy atom. The summed E-state index contributed by atoms with van der Waals surface area (Å²) in [6, 6.07) is 4.61. The number of benzene rings is 1. The minimum atomic E-state index is -0.298. The lowest BCUT2D eigenvalue weighted by Gasteiger charge is -2.31. The van der Waals surface area contributed by atoms with E-state index in [1.165, 1.54) is 12.1 Å². The monoisotopic (exact) mass is 326 g/mol. The number of aryl methyl sites for hydroxylation is 1. The van der Waals surface area contributed by atoms with Gasteiger partial charge < -0.3 is 9.42 Å². The van der Waals surface area contributed by atoms with Gasteiger partial charge in [0.05, 0.1) is 5.69 Å². The Bertz CT molecular complexity index is 838. The van der Waals surface area contributed by atoms with Crippen LogP contribution in [0.5, 0.6) is 0 Å².